The number of nitrogens with one attached hydrogen (secondary N) is 2. The fourth-order valence-corrected chi connectivity index (χ4v) is 1.19. The smallest absolute Gasteiger partial charge is 0.254 e. The average molecular weight is 236 g/mol. The molecule has 0 radical (unpaired) electrons. The zero-order chi connectivity index (χ0) is 12.5. The molecule has 0 saturated heterocycles. The topological polar surface area (TPSA) is 71.3 Å². The summed E-state index contributed by atoms with van der Waals surface area (Å²) in [5.41, 5.74) is 0.456. The standard InChI is InChI=1S/C12H16N2O3/c1-2-3-6-13-11(15)4-7-14-12(16)10-5-8-17-9-10/h2,5,8-9H,1,3-4,6-7H2,(H,13,15)(H,14,16). The third-order valence-electron chi connectivity index (χ3n) is 2.09. The minimum Gasteiger partial charge on any atom is -0.472 e. The van der Waals surface area contributed by atoms with E-state index in [0.717, 1.165) is 6.42 Å². The van der Waals surface area contributed by atoms with E-state index in [4.69, 9.17) is 4.42 Å². The van der Waals surface area contributed by atoms with E-state index >= 15 is 0 Å². The van der Waals surface area contributed by atoms with E-state index in [1.165, 1.54) is 12.5 Å². The summed E-state index contributed by atoms with van der Waals surface area (Å²) in [5, 5.41) is 5.34. The van der Waals surface area contributed by atoms with Gasteiger partial charge in [-0.25, -0.2) is 0 Å². The Hall–Kier alpha value is -2.04. The van der Waals surface area contributed by atoms with Crippen molar-refractivity contribution >= 4 is 11.8 Å². The molecule has 5 heteroatoms. The quantitative estimate of drug-likeness (QED) is 0.550. The zero-order valence-electron chi connectivity index (χ0n) is 9.57. The Kier molecular flexibility index (Phi) is 5.57. The van der Waals surface area contributed by atoms with Crippen LogP contribution in [-0.2, 0) is 4.79 Å². The highest BCUT2D eigenvalue weighted by molar-refractivity contribution is 5.93. The lowest BCUT2D eigenvalue weighted by Crippen LogP contribution is -2.30. The normalized spacial score (nSPS) is 9.65. The Bertz CT molecular complexity index is 371. The van der Waals surface area contributed by atoms with Crippen molar-refractivity contribution in [2.75, 3.05) is 13.1 Å². The van der Waals surface area contributed by atoms with Gasteiger partial charge < -0.3 is 15.1 Å². The van der Waals surface area contributed by atoms with Crippen molar-refractivity contribution in [1.29, 1.82) is 0 Å². The summed E-state index contributed by atoms with van der Waals surface area (Å²) < 4.78 is 4.78. The van der Waals surface area contributed by atoms with Gasteiger partial charge in [0.05, 0.1) is 11.8 Å². The van der Waals surface area contributed by atoms with Gasteiger partial charge in [0, 0.05) is 19.5 Å². The molecule has 2 amide bonds. The summed E-state index contributed by atoms with van der Waals surface area (Å²) in [5.74, 6) is -0.322. The number of hydrogen-bond acceptors (Lipinski definition) is 3. The Balaban J connectivity index is 2.13. The van der Waals surface area contributed by atoms with E-state index < -0.39 is 0 Å². The molecule has 0 fully saturated rings. The van der Waals surface area contributed by atoms with Crippen molar-refractivity contribution in [2.24, 2.45) is 0 Å². The van der Waals surface area contributed by atoms with Crippen LogP contribution in [0.3, 0.4) is 0 Å². The molecule has 92 valence electrons. The first-order chi connectivity index (χ1) is 8.24. The van der Waals surface area contributed by atoms with E-state index in [0.29, 0.717) is 18.7 Å². The molecule has 1 aromatic rings. The van der Waals surface area contributed by atoms with E-state index in [1.807, 2.05) is 0 Å². The molecule has 1 rings (SSSR count). The maximum atomic E-state index is 11.4. The van der Waals surface area contributed by atoms with Crippen LogP contribution >= 0.6 is 0 Å². The van der Waals surface area contributed by atoms with Gasteiger partial charge in [-0.2, -0.15) is 0 Å². The third kappa shape index (κ3) is 5.01. The van der Waals surface area contributed by atoms with Gasteiger partial charge in [0.1, 0.15) is 6.26 Å². The minimum atomic E-state index is -0.238. The van der Waals surface area contributed by atoms with Crippen molar-refractivity contribution in [2.45, 2.75) is 12.8 Å². The molecule has 0 atom stereocenters. The van der Waals surface area contributed by atoms with Crippen LogP contribution in [0.15, 0.2) is 35.7 Å². The molecular formula is C12H16N2O3. The van der Waals surface area contributed by atoms with Crippen LogP contribution in [0.2, 0.25) is 0 Å². The predicted molar refractivity (Wildman–Crippen MR) is 63.5 cm³/mol. The molecule has 1 aromatic heterocycles. The van der Waals surface area contributed by atoms with Crippen LogP contribution < -0.4 is 10.6 Å². The maximum absolute atomic E-state index is 11.4. The summed E-state index contributed by atoms with van der Waals surface area (Å²) in [7, 11) is 0. The van der Waals surface area contributed by atoms with Crippen LogP contribution in [0.25, 0.3) is 0 Å². The number of carbonyl (C=O) groups excluding carboxylic acids is 2. The molecule has 17 heavy (non-hydrogen) atoms. The molecule has 0 aliphatic rings. The second-order valence-electron chi connectivity index (χ2n) is 3.45. The predicted octanol–water partition coefficient (Wildman–Crippen LogP) is 1.09. The molecule has 0 saturated carbocycles. The number of amides is 2. The summed E-state index contributed by atoms with van der Waals surface area (Å²) in [6.07, 6.45) is 5.53. The van der Waals surface area contributed by atoms with E-state index in [1.54, 1.807) is 12.1 Å². The maximum Gasteiger partial charge on any atom is 0.254 e. The van der Waals surface area contributed by atoms with E-state index in [-0.39, 0.29) is 18.2 Å². The molecule has 1 heterocycles. The Morgan fingerprint density at radius 1 is 1.35 bits per heavy atom. The van der Waals surface area contributed by atoms with Gasteiger partial charge in [0.15, 0.2) is 0 Å². The van der Waals surface area contributed by atoms with Crippen molar-refractivity contribution in [1.82, 2.24) is 10.6 Å². The van der Waals surface area contributed by atoms with Crippen LogP contribution in [0.1, 0.15) is 23.2 Å². The Morgan fingerprint density at radius 3 is 2.82 bits per heavy atom. The van der Waals surface area contributed by atoms with Crippen LogP contribution in [0.4, 0.5) is 0 Å². The first kappa shape index (κ1) is 13.0. The molecule has 5 nitrogen and oxygen atoms in total. The SMILES string of the molecule is C=CCCNC(=O)CCNC(=O)c1ccoc1. The first-order valence-corrected chi connectivity index (χ1v) is 5.42. The summed E-state index contributed by atoms with van der Waals surface area (Å²) in [6.45, 7) is 4.45. The molecule has 0 aliphatic heterocycles. The number of furan rings is 1. The van der Waals surface area contributed by atoms with Crippen molar-refractivity contribution in [3.8, 4) is 0 Å². The minimum absolute atomic E-state index is 0.0839. The number of carbonyl (C=O) groups is 2. The number of hydrogen-bond donors (Lipinski definition) is 2. The lowest BCUT2D eigenvalue weighted by Gasteiger charge is -2.04. The molecule has 0 spiro atoms. The van der Waals surface area contributed by atoms with Crippen molar-refractivity contribution in [3.05, 3.63) is 36.8 Å². The summed E-state index contributed by atoms with van der Waals surface area (Å²) in [4.78, 5) is 22.7. The fourth-order valence-electron chi connectivity index (χ4n) is 1.19. The molecule has 0 aliphatic carbocycles. The highest BCUT2D eigenvalue weighted by Crippen LogP contribution is 1.98. The third-order valence-corrected chi connectivity index (χ3v) is 2.09. The monoisotopic (exact) mass is 236 g/mol. The Labute approximate surface area is 99.9 Å². The summed E-state index contributed by atoms with van der Waals surface area (Å²) in [6, 6.07) is 1.57. The van der Waals surface area contributed by atoms with Crippen LogP contribution in [0.5, 0.6) is 0 Å². The van der Waals surface area contributed by atoms with Gasteiger partial charge in [-0.1, -0.05) is 6.08 Å². The van der Waals surface area contributed by atoms with E-state index in [9.17, 15) is 9.59 Å². The highest BCUT2D eigenvalue weighted by atomic mass is 16.3. The first-order valence-electron chi connectivity index (χ1n) is 5.42. The molecule has 0 bridgehead atoms. The second kappa shape index (κ2) is 7.27. The molecule has 0 unspecified atom stereocenters. The van der Waals surface area contributed by atoms with Gasteiger partial charge >= 0.3 is 0 Å². The van der Waals surface area contributed by atoms with Crippen LogP contribution in [-0.4, -0.2) is 24.9 Å². The zero-order valence-corrected chi connectivity index (χ0v) is 9.57. The average Bonchev–Trinajstić information content (AvgIpc) is 2.82. The lowest BCUT2D eigenvalue weighted by atomic mass is 10.3. The molecular weight excluding hydrogens is 220 g/mol. The van der Waals surface area contributed by atoms with Gasteiger partial charge in [-0.15, -0.1) is 6.58 Å². The summed E-state index contributed by atoms with van der Waals surface area (Å²) >= 11 is 0. The number of rotatable bonds is 7. The lowest BCUT2D eigenvalue weighted by molar-refractivity contribution is -0.120. The van der Waals surface area contributed by atoms with Crippen molar-refractivity contribution in [3.63, 3.8) is 0 Å². The molecule has 2 N–H and O–H groups in total. The van der Waals surface area contributed by atoms with Gasteiger partial charge in [0.25, 0.3) is 5.91 Å². The largest absolute Gasteiger partial charge is 0.472 e. The van der Waals surface area contributed by atoms with Gasteiger partial charge in [-0.3, -0.25) is 9.59 Å². The second-order valence-corrected chi connectivity index (χ2v) is 3.45. The van der Waals surface area contributed by atoms with E-state index in [2.05, 4.69) is 17.2 Å². The van der Waals surface area contributed by atoms with Gasteiger partial charge in [0.2, 0.25) is 5.91 Å². The highest BCUT2D eigenvalue weighted by Gasteiger charge is 2.06. The van der Waals surface area contributed by atoms with Gasteiger partial charge in [-0.05, 0) is 12.5 Å². The molecule has 0 aromatic carbocycles. The fraction of sp³-hybridized carbons (Fsp3) is 0.333. The Morgan fingerprint density at radius 2 is 2.18 bits per heavy atom. The van der Waals surface area contributed by atoms with Crippen LogP contribution in [0, 0.1) is 0 Å². The van der Waals surface area contributed by atoms with Crippen molar-refractivity contribution < 1.29 is 14.0 Å².